The van der Waals surface area contributed by atoms with E-state index in [1.807, 2.05) is 43.8 Å². The molecule has 198 valence electrons. The molecule has 4 aromatic heterocycles. The Hall–Kier alpha value is -4.75. The highest BCUT2D eigenvalue weighted by Gasteiger charge is 2.56. The van der Waals surface area contributed by atoms with Gasteiger partial charge in [0, 0.05) is 78.9 Å². The SMILES string of the molecule is Cn1cc(-c2cc(-c3ccc(N4C[C@@H]5[C@H](C4)[C@H]5NC(=O)c4cc(F)ccc4Cl)nc3)c3c(C#N)cnn3c2)cn1. The highest BCUT2D eigenvalue weighted by molar-refractivity contribution is 6.33. The Morgan fingerprint density at radius 2 is 1.88 bits per heavy atom. The van der Waals surface area contributed by atoms with Crippen LogP contribution >= 0.6 is 11.6 Å². The molecule has 0 bridgehead atoms. The molecule has 1 aromatic carbocycles. The summed E-state index contributed by atoms with van der Waals surface area (Å²) in [4.78, 5) is 19.6. The number of hydrogen-bond acceptors (Lipinski definition) is 6. The van der Waals surface area contributed by atoms with Crippen molar-refractivity contribution >= 4 is 28.8 Å². The summed E-state index contributed by atoms with van der Waals surface area (Å²) in [6.07, 6.45) is 9.01. The Bertz CT molecular complexity index is 1830. The van der Waals surface area contributed by atoms with E-state index in [4.69, 9.17) is 16.6 Å². The summed E-state index contributed by atoms with van der Waals surface area (Å²) in [5, 5.41) is 21.6. The van der Waals surface area contributed by atoms with Crippen molar-refractivity contribution < 1.29 is 9.18 Å². The molecule has 2 aliphatic rings. The van der Waals surface area contributed by atoms with Gasteiger partial charge in [-0.15, -0.1) is 0 Å². The standard InChI is InChI=1S/C29H22ClFN8O/c1-37-12-19(11-34-37)17-6-21(28-18(8-32)10-35-39(28)13-17)16-2-5-26(33-9-16)38-14-23-24(15-38)27(23)36-29(40)22-7-20(31)3-4-25(22)30/h2-7,9-13,23-24,27H,14-15H2,1H3,(H,36,40)/t23-,24+,27+. The van der Waals surface area contributed by atoms with Crippen LogP contribution in [0.25, 0.3) is 27.8 Å². The third kappa shape index (κ3) is 4.06. The second-order valence-corrected chi connectivity index (χ2v) is 10.7. The van der Waals surface area contributed by atoms with E-state index in [2.05, 4.69) is 26.5 Å². The predicted octanol–water partition coefficient (Wildman–Crippen LogP) is 4.33. The van der Waals surface area contributed by atoms with E-state index in [0.717, 1.165) is 52.7 Å². The lowest BCUT2D eigenvalue weighted by Gasteiger charge is -2.21. The summed E-state index contributed by atoms with van der Waals surface area (Å²) in [6, 6.07) is 12.1. The van der Waals surface area contributed by atoms with Gasteiger partial charge in [-0.3, -0.25) is 9.48 Å². The van der Waals surface area contributed by atoms with Crippen LogP contribution in [-0.4, -0.2) is 49.4 Å². The van der Waals surface area contributed by atoms with Gasteiger partial charge in [-0.05, 0) is 36.4 Å². The van der Waals surface area contributed by atoms with Gasteiger partial charge < -0.3 is 10.2 Å². The second-order valence-electron chi connectivity index (χ2n) is 10.3. The number of fused-ring (bicyclic) bond motifs is 2. The Kier molecular flexibility index (Phi) is 5.57. The first-order chi connectivity index (χ1) is 19.4. The third-order valence-electron chi connectivity index (χ3n) is 7.82. The molecule has 5 aromatic rings. The number of piperidine rings is 1. The van der Waals surface area contributed by atoms with Gasteiger partial charge >= 0.3 is 0 Å². The third-order valence-corrected chi connectivity index (χ3v) is 8.15. The number of carbonyl (C=O) groups excluding carboxylic acids is 1. The molecule has 7 rings (SSSR count). The summed E-state index contributed by atoms with van der Waals surface area (Å²) >= 11 is 6.09. The molecule has 1 aliphatic heterocycles. The van der Waals surface area contributed by atoms with E-state index in [9.17, 15) is 14.4 Å². The smallest absolute Gasteiger partial charge is 0.253 e. The first-order valence-electron chi connectivity index (χ1n) is 12.8. The quantitative estimate of drug-likeness (QED) is 0.348. The number of pyridine rings is 2. The maximum Gasteiger partial charge on any atom is 0.253 e. The number of benzene rings is 1. The van der Waals surface area contributed by atoms with Crippen molar-refractivity contribution in [3.8, 4) is 28.3 Å². The number of aryl methyl sites for hydroxylation is 1. The van der Waals surface area contributed by atoms with Gasteiger partial charge in [0.05, 0.1) is 34.1 Å². The summed E-state index contributed by atoms with van der Waals surface area (Å²) in [7, 11) is 1.87. The minimum absolute atomic E-state index is 0.0390. The van der Waals surface area contributed by atoms with Crippen LogP contribution in [0.3, 0.4) is 0 Å². The fraction of sp³-hybridized carbons (Fsp3) is 0.207. The molecule has 3 atom stereocenters. The normalized spacial score (nSPS) is 19.4. The van der Waals surface area contributed by atoms with E-state index >= 15 is 0 Å². The maximum atomic E-state index is 13.6. The largest absolute Gasteiger partial charge is 0.356 e. The number of rotatable bonds is 5. The van der Waals surface area contributed by atoms with E-state index in [0.29, 0.717) is 17.4 Å². The number of nitrogens with one attached hydrogen (secondary N) is 1. The molecule has 1 saturated heterocycles. The first-order valence-corrected chi connectivity index (χ1v) is 13.1. The number of carbonyl (C=O) groups is 1. The highest BCUT2D eigenvalue weighted by atomic mass is 35.5. The molecule has 40 heavy (non-hydrogen) atoms. The number of hydrogen-bond donors (Lipinski definition) is 1. The van der Waals surface area contributed by atoms with Crippen molar-refractivity contribution in [3.05, 3.63) is 89.3 Å². The number of nitriles is 1. The van der Waals surface area contributed by atoms with Crippen LogP contribution < -0.4 is 10.2 Å². The fourth-order valence-electron chi connectivity index (χ4n) is 5.71. The Morgan fingerprint density at radius 3 is 2.58 bits per heavy atom. The van der Waals surface area contributed by atoms with E-state index in [1.165, 1.54) is 12.1 Å². The number of nitrogens with zero attached hydrogens (tertiary/aromatic N) is 7. The molecule has 5 heterocycles. The number of aromatic nitrogens is 5. The van der Waals surface area contributed by atoms with Gasteiger partial charge in [0.15, 0.2) is 0 Å². The summed E-state index contributed by atoms with van der Waals surface area (Å²) in [5.74, 6) is 0.613. The van der Waals surface area contributed by atoms with Crippen LogP contribution in [0.2, 0.25) is 5.02 Å². The molecule has 2 fully saturated rings. The van der Waals surface area contributed by atoms with Gasteiger partial charge in [-0.25, -0.2) is 13.9 Å². The lowest BCUT2D eigenvalue weighted by atomic mass is 10.0. The monoisotopic (exact) mass is 552 g/mol. The minimum atomic E-state index is -0.493. The van der Waals surface area contributed by atoms with Gasteiger partial charge in [-0.1, -0.05) is 11.6 Å². The zero-order valence-corrected chi connectivity index (χ0v) is 22.0. The van der Waals surface area contributed by atoms with Crippen molar-refractivity contribution in [2.45, 2.75) is 6.04 Å². The van der Waals surface area contributed by atoms with Gasteiger partial charge in [0.2, 0.25) is 0 Å². The number of anilines is 1. The van der Waals surface area contributed by atoms with Crippen molar-refractivity contribution in [1.29, 1.82) is 5.26 Å². The summed E-state index contributed by atoms with van der Waals surface area (Å²) < 4.78 is 17.1. The maximum absolute atomic E-state index is 13.6. The first kappa shape index (κ1) is 24.3. The van der Waals surface area contributed by atoms with Crippen LogP contribution in [-0.2, 0) is 7.05 Å². The molecule has 0 unspecified atom stereocenters. The van der Waals surface area contributed by atoms with Crippen LogP contribution in [0, 0.1) is 29.0 Å². The number of halogens is 2. The molecule has 0 spiro atoms. The van der Waals surface area contributed by atoms with Crippen molar-refractivity contribution in [2.75, 3.05) is 18.0 Å². The highest BCUT2D eigenvalue weighted by Crippen LogP contribution is 2.47. The molecule has 9 nitrogen and oxygen atoms in total. The zero-order chi connectivity index (χ0) is 27.5. The fourth-order valence-corrected chi connectivity index (χ4v) is 5.92. The molecule has 1 amide bonds. The van der Waals surface area contributed by atoms with Gasteiger partial charge in [0.1, 0.15) is 17.7 Å². The lowest BCUT2D eigenvalue weighted by Crippen LogP contribution is -2.35. The average Bonchev–Trinajstić information content (AvgIpc) is 3.41. The van der Waals surface area contributed by atoms with E-state index in [1.54, 1.807) is 21.6 Å². The Morgan fingerprint density at radius 1 is 1.05 bits per heavy atom. The molecular weight excluding hydrogens is 531 g/mol. The van der Waals surface area contributed by atoms with Crippen LogP contribution in [0.15, 0.2) is 67.4 Å². The molecule has 11 heteroatoms. The minimum Gasteiger partial charge on any atom is -0.356 e. The zero-order valence-electron chi connectivity index (χ0n) is 21.3. The molecule has 1 aliphatic carbocycles. The topological polar surface area (TPSA) is 104 Å². The Labute approximate surface area is 233 Å². The van der Waals surface area contributed by atoms with Crippen molar-refractivity contribution in [3.63, 3.8) is 0 Å². The van der Waals surface area contributed by atoms with Crippen LogP contribution in [0.4, 0.5) is 10.2 Å². The lowest BCUT2D eigenvalue weighted by molar-refractivity contribution is 0.0946. The Balaban J connectivity index is 1.09. The second kappa shape index (κ2) is 9.17. The van der Waals surface area contributed by atoms with Gasteiger partial charge in [0.25, 0.3) is 5.91 Å². The van der Waals surface area contributed by atoms with Crippen LogP contribution in [0.1, 0.15) is 15.9 Å². The number of amides is 1. The summed E-state index contributed by atoms with van der Waals surface area (Å²) in [5.41, 5.74) is 4.98. The average molecular weight is 553 g/mol. The van der Waals surface area contributed by atoms with Crippen molar-refractivity contribution in [1.82, 2.24) is 29.7 Å². The summed E-state index contributed by atoms with van der Waals surface area (Å²) in [6.45, 7) is 1.53. The van der Waals surface area contributed by atoms with Crippen LogP contribution in [0.5, 0.6) is 0 Å². The molecule has 1 saturated carbocycles. The van der Waals surface area contributed by atoms with E-state index in [-0.39, 0.29) is 22.5 Å². The van der Waals surface area contributed by atoms with E-state index < -0.39 is 5.82 Å². The molecular formula is C29H22ClFN8O. The van der Waals surface area contributed by atoms with Gasteiger partial charge in [-0.2, -0.15) is 15.5 Å². The molecule has 0 radical (unpaired) electrons. The molecule has 1 N–H and O–H groups in total. The van der Waals surface area contributed by atoms with Crippen molar-refractivity contribution in [2.24, 2.45) is 18.9 Å². The predicted molar refractivity (Wildman–Crippen MR) is 147 cm³/mol.